The van der Waals surface area contributed by atoms with Crippen LogP contribution >= 0.6 is 0 Å². The molecule has 1 aromatic carbocycles. The first-order chi connectivity index (χ1) is 7.84. The monoisotopic (exact) mass is 211 g/mol. The maximum Gasteiger partial charge on any atom is 0.221 e. The molecule has 78 valence electrons. The van der Waals surface area contributed by atoms with Gasteiger partial charge >= 0.3 is 0 Å². The van der Waals surface area contributed by atoms with Crippen molar-refractivity contribution in [2.75, 3.05) is 5.73 Å². The average molecular weight is 211 g/mol. The summed E-state index contributed by atoms with van der Waals surface area (Å²) in [6, 6.07) is 11.4. The lowest BCUT2D eigenvalue weighted by Gasteiger charge is -2.03. The van der Waals surface area contributed by atoms with Crippen molar-refractivity contribution in [3.8, 4) is 11.5 Å². The molecular formula is C12H9N3O. The first-order valence-corrected chi connectivity index (χ1v) is 4.91. The second-order valence-corrected chi connectivity index (χ2v) is 3.42. The standard InChI is InChI=1S/C12H9N3O/c13-12-14-9-5-2-1-4-8(9)11(15-12)10-6-3-7-16-10/h1-7H,(H2,13,14,15). The lowest BCUT2D eigenvalue weighted by Crippen LogP contribution is -1.97. The Bertz CT molecular complexity index is 632. The van der Waals surface area contributed by atoms with E-state index in [1.165, 1.54) is 0 Å². The Hall–Kier alpha value is -2.36. The Morgan fingerprint density at radius 1 is 1.00 bits per heavy atom. The van der Waals surface area contributed by atoms with Gasteiger partial charge in [-0.1, -0.05) is 18.2 Å². The molecule has 0 saturated heterocycles. The van der Waals surface area contributed by atoms with Gasteiger partial charge in [0, 0.05) is 5.39 Å². The molecule has 3 aromatic rings. The van der Waals surface area contributed by atoms with Crippen molar-refractivity contribution in [3.63, 3.8) is 0 Å². The largest absolute Gasteiger partial charge is 0.463 e. The van der Waals surface area contributed by atoms with Crippen molar-refractivity contribution < 1.29 is 4.42 Å². The van der Waals surface area contributed by atoms with E-state index in [1.807, 2.05) is 36.4 Å². The molecule has 3 rings (SSSR count). The van der Waals surface area contributed by atoms with Gasteiger partial charge in [-0.2, -0.15) is 0 Å². The number of hydrogen-bond acceptors (Lipinski definition) is 4. The van der Waals surface area contributed by atoms with Gasteiger partial charge in [-0.3, -0.25) is 0 Å². The average Bonchev–Trinajstić information content (AvgIpc) is 2.81. The highest BCUT2D eigenvalue weighted by Gasteiger charge is 2.09. The van der Waals surface area contributed by atoms with E-state index in [2.05, 4.69) is 9.97 Å². The van der Waals surface area contributed by atoms with Crippen molar-refractivity contribution in [2.24, 2.45) is 0 Å². The molecule has 0 radical (unpaired) electrons. The zero-order chi connectivity index (χ0) is 11.0. The number of rotatable bonds is 1. The van der Waals surface area contributed by atoms with Gasteiger partial charge in [0.2, 0.25) is 5.95 Å². The summed E-state index contributed by atoms with van der Waals surface area (Å²) in [6.45, 7) is 0. The molecule has 0 saturated carbocycles. The molecule has 0 unspecified atom stereocenters. The highest BCUT2D eigenvalue weighted by Crippen LogP contribution is 2.26. The number of anilines is 1. The summed E-state index contributed by atoms with van der Waals surface area (Å²) in [7, 11) is 0. The third-order valence-electron chi connectivity index (χ3n) is 2.38. The van der Waals surface area contributed by atoms with Crippen LogP contribution in [0.3, 0.4) is 0 Å². The SMILES string of the molecule is Nc1nc(-c2ccco2)c2ccccc2n1. The molecule has 0 spiro atoms. The predicted octanol–water partition coefficient (Wildman–Crippen LogP) is 2.47. The minimum absolute atomic E-state index is 0.255. The summed E-state index contributed by atoms with van der Waals surface area (Å²) < 4.78 is 5.34. The molecule has 0 aliphatic carbocycles. The van der Waals surface area contributed by atoms with E-state index in [1.54, 1.807) is 6.26 Å². The van der Waals surface area contributed by atoms with Crippen molar-refractivity contribution >= 4 is 16.9 Å². The number of nitrogens with two attached hydrogens (primary N) is 1. The Labute approximate surface area is 91.7 Å². The second-order valence-electron chi connectivity index (χ2n) is 3.42. The molecule has 0 bridgehead atoms. The Morgan fingerprint density at radius 2 is 1.88 bits per heavy atom. The van der Waals surface area contributed by atoms with E-state index < -0.39 is 0 Å². The van der Waals surface area contributed by atoms with Crippen LogP contribution in [0.1, 0.15) is 0 Å². The fourth-order valence-corrected chi connectivity index (χ4v) is 1.70. The Morgan fingerprint density at radius 3 is 2.69 bits per heavy atom. The van der Waals surface area contributed by atoms with Gasteiger partial charge in [0.15, 0.2) is 5.76 Å². The summed E-state index contributed by atoms with van der Waals surface area (Å²) >= 11 is 0. The zero-order valence-electron chi connectivity index (χ0n) is 8.42. The molecule has 4 heteroatoms. The van der Waals surface area contributed by atoms with Crippen LogP contribution in [0.5, 0.6) is 0 Å². The van der Waals surface area contributed by atoms with Crippen LogP contribution in [-0.2, 0) is 0 Å². The van der Waals surface area contributed by atoms with E-state index in [-0.39, 0.29) is 5.95 Å². The number of para-hydroxylation sites is 1. The number of aromatic nitrogens is 2. The first-order valence-electron chi connectivity index (χ1n) is 4.91. The van der Waals surface area contributed by atoms with Crippen molar-refractivity contribution in [3.05, 3.63) is 42.7 Å². The van der Waals surface area contributed by atoms with Gasteiger partial charge in [-0.25, -0.2) is 9.97 Å². The van der Waals surface area contributed by atoms with E-state index >= 15 is 0 Å². The van der Waals surface area contributed by atoms with Crippen LogP contribution in [0.25, 0.3) is 22.4 Å². The highest BCUT2D eigenvalue weighted by atomic mass is 16.3. The van der Waals surface area contributed by atoms with Gasteiger partial charge in [-0.15, -0.1) is 0 Å². The second kappa shape index (κ2) is 3.34. The number of hydrogen-bond donors (Lipinski definition) is 1. The fraction of sp³-hybridized carbons (Fsp3) is 0. The smallest absolute Gasteiger partial charge is 0.221 e. The van der Waals surface area contributed by atoms with Crippen LogP contribution in [0.2, 0.25) is 0 Å². The highest BCUT2D eigenvalue weighted by molar-refractivity contribution is 5.91. The minimum atomic E-state index is 0.255. The van der Waals surface area contributed by atoms with Crippen molar-refractivity contribution in [1.29, 1.82) is 0 Å². The fourth-order valence-electron chi connectivity index (χ4n) is 1.70. The van der Waals surface area contributed by atoms with Crippen molar-refractivity contribution in [1.82, 2.24) is 9.97 Å². The van der Waals surface area contributed by atoms with Crippen LogP contribution < -0.4 is 5.73 Å². The maximum atomic E-state index is 5.67. The van der Waals surface area contributed by atoms with Crippen LogP contribution in [-0.4, -0.2) is 9.97 Å². The van der Waals surface area contributed by atoms with E-state index in [0.717, 1.165) is 16.6 Å². The van der Waals surface area contributed by atoms with Crippen LogP contribution in [0, 0.1) is 0 Å². The quantitative estimate of drug-likeness (QED) is 0.671. The zero-order valence-corrected chi connectivity index (χ0v) is 8.42. The minimum Gasteiger partial charge on any atom is -0.463 e. The predicted molar refractivity (Wildman–Crippen MR) is 61.7 cm³/mol. The van der Waals surface area contributed by atoms with Gasteiger partial charge in [-0.05, 0) is 18.2 Å². The van der Waals surface area contributed by atoms with Crippen LogP contribution in [0.4, 0.5) is 5.95 Å². The van der Waals surface area contributed by atoms with Gasteiger partial charge in [0.1, 0.15) is 5.69 Å². The molecule has 16 heavy (non-hydrogen) atoms. The van der Waals surface area contributed by atoms with Crippen LogP contribution in [0.15, 0.2) is 47.1 Å². The molecule has 4 nitrogen and oxygen atoms in total. The maximum absolute atomic E-state index is 5.67. The van der Waals surface area contributed by atoms with Gasteiger partial charge < -0.3 is 10.2 Å². The number of nitrogen functional groups attached to an aromatic ring is 1. The number of benzene rings is 1. The molecule has 0 fully saturated rings. The molecule has 2 aromatic heterocycles. The summed E-state index contributed by atoms with van der Waals surface area (Å²) in [5.74, 6) is 0.954. The third-order valence-corrected chi connectivity index (χ3v) is 2.38. The van der Waals surface area contributed by atoms with E-state index in [4.69, 9.17) is 10.2 Å². The molecular weight excluding hydrogens is 202 g/mol. The van der Waals surface area contributed by atoms with E-state index in [9.17, 15) is 0 Å². The summed E-state index contributed by atoms with van der Waals surface area (Å²) in [6.07, 6.45) is 1.61. The van der Waals surface area contributed by atoms with Gasteiger partial charge in [0.05, 0.1) is 11.8 Å². The first kappa shape index (κ1) is 8.91. The molecule has 2 heterocycles. The summed E-state index contributed by atoms with van der Waals surface area (Å²) in [5, 5.41) is 0.937. The number of nitrogens with zero attached hydrogens (tertiary/aromatic N) is 2. The van der Waals surface area contributed by atoms with E-state index in [0.29, 0.717) is 5.76 Å². The lowest BCUT2D eigenvalue weighted by molar-refractivity contribution is 0.581. The van der Waals surface area contributed by atoms with Gasteiger partial charge in [0.25, 0.3) is 0 Å². The molecule has 0 atom stereocenters. The molecule has 0 aliphatic heterocycles. The lowest BCUT2D eigenvalue weighted by atomic mass is 10.1. The topological polar surface area (TPSA) is 64.9 Å². The Kier molecular flexibility index (Phi) is 1.86. The van der Waals surface area contributed by atoms with Crippen molar-refractivity contribution in [2.45, 2.75) is 0 Å². The summed E-state index contributed by atoms with van der Waals surface area (Å²) in [5.41, 5.74) is 7.22. The molecule has 0 aliphatic rings. The third kappa shape index (κ3) is 1.32. The molecule has 0 amide bonds. The molecule has 2 N–H and O–H groups in total. The Balaban J connectivity index is 2.39. The normalized spacial score (nSPS) is 10.8. The number of fused-ring (bicyclic) bond motifs is 1. The number of furan rings is 1. The summed E-state index contributed by atoms with van der Waals surface area (Å²) in [4.78, 5) is 8.39.